The number of hydrogen-bond donors (Lipinski definition) is 3. The van der Waals surface area contributed by atoms with Gasteiger partial charge in [-0.15, -0.1) is 11.3 Å². The Morgan fingerprint density at radius 1 is 1.23 bits per heavy atom. The third kappa shape index (κ3) is 2.53. The van der Waals surface area contributed by atoms with Crippen molar-refractivity contribution in [3.63, 3.8) is 0 Å². The Morgan fingerprint density at radius 2 is 2.00 bits per heavy atom. The summed E-state index contributed by atoms with van der Waals surface area (Å²) >= 11 is 1.40. The lowest BCUT2D eigenvalue weighted by molar-refractivity contribution is 0.478. The highest BCUT2D eigenvalue weighted by Crippen LogP contribution is 2.41. The van der Waals surface area contributed by atoms with Gasteiger partial charge in [0.15, 0.2) is 0 Å². The lowest BCUT2D eigenvalue weighted by Gasteiger charge is -2.13. The highest BCUT2D eigenvalue weighted by Gasteiger charge is 2.17. The number of phenols is 1. The summed E-state index contributed by atoms with van der Waals surface area (Å²) < 4.78 is 0.652. The van der Waals surface area contributed by atoms with Crippen molar-refractivity contribution >= 4 is 38.4 Å². The number of fused-ring (bicyclic) bond motifs is 3. The third-order valence-corrected chi connectivity index (χ3v) is 5.53. The van der Waals surface area contributed by atoms with E-state index in [2.05, 4.69) is 11.6 Å². The first kappa shape index (κ1) is 16.6. The quantitative estimate of drug-likeness (QED) is 0.507. The number of rotatable bonds is 4. The van der Waals surface area contributed by atoms with Crippen LogP contribution in [0.15, 0.2) is 53.2 Å². The predicted octanol–water partition coefficient (Wildman–Crippen LogP) is 4.26. The molecule has 130 valence electrons. The van der Waals surface area contributed by atoms with Gasteiger partial charge in [0.2, 0.25) is 0 Å². The first-order valence-corrected chi connectivity index (χ1v) is 9.23. The molecule has 4 aromatic rings. The smallest absolute Gasteiger partial charge is 0.266 e. The molecule has 2 aromatic heterocycles. The number of aromatic amines is 1. The van der Waals surface area contributed by atoms with E-state index in [1.165, 1.54) is 11.3 Å². The molecule has 0 atom stereocenters. The topological polar surface area (TPSA) is 79.1 Å². The fourth-order valence-electron chi connectivity index (χ4n) is 3.40. The maximum atomic E-state index is 12.4. The van der Waals surface area contributed by atoms with Gasteiger partial charge in [-0.3, -0.25) is 4.79 Å². The van der Waals surface area contributed by atoms with E-state index < -0.39 is 0 Å². The standard InChI is InChI=1S/C21H18N2O2S/c1-2-13-11-16(24)17(14-5-3-12(4-6-14)7-9-22)18-15-8-10-26-20(15)21(25)23-19(13)18/h2-6,8,10-11,24H,1,7,9,22H2,(H,23,25). The zero-order chi connectivity index (χ0) is 18.3. The van der Waals surface area contributed by atoms with Gasteiger partial charge in [0.25, 0.3) is 5.56 Å². The molecule has 0 aliphatic rings. The van der Waals surface area contributed by atoms with E-state index in [1.54, 1.807) is 12.1 Å². The maximum Gasteiger partial charge on any atom is 0.266 e. The van der Waals surface area contributed by atoms with Crippen LogP contribution in [0.1, 0.15) is 11.1 Å². The number of thiophene rings is 1. The van der Waals surface area contributed by atoms with Gasteiger partial charge in [-0.2, -0.15) is 0 Å². The van der Waals surface area contributed by atoms with Gasteiger partial charge in [-0.1, -0.05) is 36.9 Å². The molecule has 2 aromatic carbocycles. The molecule has 5 heteroatoms. The van der Waals surface area contributed by atoms with Crippen molar-refractivity contribution in [3.8, 4) is 16.9 Å². The first-order chi connectivity index (χ1) is 12.6. The zero-order valence-corrected chi connectivity index (χ0v) is 14.9. The van der Waals surface area contributed by atoms with Crippen LogP contribution in [0.5, 0.6) is 5.75 Å². The molecule has 26 heavy (non-hydrogen) atoms. The zero-order valence-electron chi connectivity index (χ0n) is 14.1. The summed E-state index contributed by atoms with van der Waals surface area (Å²) in [6.45, 7) is 4.41. The first-order valence-electron chi connectivity index (χ1n) is 8.35. The Kier molecular flexibility index (Phi) is 4.11. The van der Waals surface area contributed by atoms with Crippen molar-refractivity contribution in [3.05, 3.63) is 69.8 Å². The molecule has 4 rings (SSSR count). The summed E-state index contributed by atoms with van der Waals surface area (Å²) in [5.74, 6) is 0.165. The number of nitrogens with two attached hydrogens (primary N) is 1. The molecule has 0 radical (unpaired) electrons. The molecule has 0 spiro atoms. The van der Waals surface area contributed by atoms with Crippen LogP contribution in [0, 0.1) is 0 Å². The van der Waals surface area contributed by atoms with Gasteiger partial charge in [0.05, 0.1) is 5.52 Å². The van der Waals surface area contributed by atoms with E-state index in [1.807, 2.05) is 35.7 Å². The summed E-state index contributed by atoms with van der Waals surface area (Å²) in [7, 11) is 0. The van der Waals surface area contributed by atoms with Gasteiger partial charge >= 0.3 is 0 Å². The minimum absolute atomic E-state index is 0.125. The summed E-state index contributed by atoms with van der Waals surface area (Å²) in [6, 6.07) is 11.6. The monoisotopic (exact) mass is 362 g/mol. The second kappa shape index (κ2) is 6.44. The largest absolute Gasteiger partial charge is 0.507 e. The molecule has 0 aliphatic carbocycles. The molecule has 0 bridgehead atoms. The Morgan fingerprint density at radius 3 is 2.69 bits per heavy atom. The second-order valence-electron chi connectivity index (χ2n) is 6.17. The van der Waals surface area contributed by atoms with Crippen molar-refractivity contribution in [1.29, 1.82) is 0 Å². The molecule has 4 nitrogen and oxygen atoms in total. The van der Waals surface area contributed by atoms with E-state index in [4.69, 9.17) is 5.73 Å². The number of aromatic hydroxyl groups is 1. The van der Waals surface area contributed by atoms with E-state index in [0.29, 0.717) is 27.9 Å². The Balaban J connectivity index is 2.11. The van der Waals surface area contributed by atoms with E-state index in [-0.39, 0.29) is 11.3 Å². The number of H-pyrrole nitrogens is 1. The van der Waals surface area contributed by atoms with Gasteiger partial charge in [0, 0.05) is 21.9 Å². The van der Waals surface area contributed by atoms with E-state index in [0.717, 1.165) is 28.3 Å². The molecule has 4 N–H and O–H groups in total. The van der Waals surface area contributed by atoms with Crippen LogP contribution in [-0.4, -0.2) is 16.6 Å². The van der Waals surface area contributed by atoms with Gasteiger partial charge in [-0.05, 0) is 41.6 Å². The van der Waals surface area contributed by atoms with Crippen molar-refractivity contribution in [2.45, 2.75) is 6.42 Å². The SMILES string of the molecule is C=Cc1cc(O)c(-c2ccc(CCN)cc2)c2c1[nH]c(=O)c1sccc12. The number of benzene rings is 2. The highest BCUT2D eigenvalue weighted by molar-refractivity contribution is 7.17. The number of pyridine rings is 1. The van der Waals surface area contributed by atoms with Crippen LogP contribution in [0.4, 0.5) is 0 Å². The normalized spacial score (nSPS) is 11.3. The molecule has 0 saturated carbocycles. The van der Waals surface area contributed by atoms with Crippen molar-refractivity contribution in [2.24, 2.45) is 5.73 Å². The fraction of sp³-hybridized carbons (Fsp3) is 0.0952. The summed E-state index contributed by atoms with van der Waals surface area (Å²) in [6.07, 6.45) is 2.45. The van der Waals surface area contributed by atoms with Gasteiger partial charge in [-0.25, -0.2) is 0 Å². The van der Waals surface area contributed by atoms with Crippen LogP contribution >= 0.6 is 11.3 Å². The van der Waals surface area contributed by atoms with Crippen LogP contribution < -0.4 is 11.3 Å². The fourth-order valence-corrected chi connectivity index (χ4v) is 4.20. The number of phenolic OH excluding ortho intramolecular Hbond substituents is 1. The van der Waals surface area contributed by atoms with Gasteiger partial charge < -0.3 is 15.8 Å². The summed E-state index contributed by atoms with van der Waals surface area (Å²) in [5.41, 5.74) is 9.64. The Hall–Kier alpha value is -2.89. The summed E-state index contributed by atoms with van der Waals surface area (Å²) in [5, 5.41) is 14.3. The minimum atomic E-state index is -0.125. The molecule has 2 heterocycles. The van der Waals surface area contributed by atoms with Gasteiger partial charge in [0.1, 0.15) is 10.4 Å². The Bertz CT molecular complexity index is 1190. The molecule has 0 aliphatic heterocycles. The van der Waals surface area contributed by atoms with Crippen LogP contribution in [0.3, 0.4) is 0 Å². The van der Waals surface area contributed by atoms with Crippen molar-refractivity contribution < 1.29 is 5.11 Å². The van der Waals surface area contributed by atoms with E-state index in [9.17, 15) is 9.90 Å². The molecule has 0 fully saturated rings. The third-order valence-electron chi connectivity index (χ3n) is 4.61. The minimum Gasteiger partial charge on any atom is -0.507 e. The number of aromatic nitrogens is 1. The number of nitrogens with one attached hydrogen (secondary N) is 1. The van der Waals surface area contributed by atoms with Crippen LogP contribution in [-0.2, 0) is 6.42 Å². The molecular formula is C21H18N2O2S. The molecule has 0 saturated heterocycles. The maximum absolute atomic E-state index is 12.4. The number of hydrogen-bond acceptors (Lipinski definition) is 4. The van der Waals surface area contributed by atoms with Crippen molar-refractivity contribution in [1.82, 2.24) is 4.98 Å². The van der Waals surface area contributed by atoms with Crippen LogP contribution in [0.2, 0.25) is 0 Å². The predicted molar refractivity (Wildman–Crippen MR) is 110 cm³/mol. The molecule has 0 amide bonds. The highest BCUT2D eigenvalue weighted by atomic mass is 32.1. The Labute approximate surface area is 154 Å². The second-order valence-corrected chi connectivity index (χ2v) is 7.08. The lowest BCUT2D eigenvalue weighted by atomic mass is 9.94. The van der Waals surface area contributed by atoms with Crippen LogP contribution in [0.25, 0.3) is 38.2 Å². The lowest BCUT2D eigenvalue weighted by Crippen LogP contribution is -2.06. The van der Waals surface area contributed by atoms with Crippen molar-refractivity contribution in [2.75, 3.05) is 6.54 Å². The van der Waals surface area contributed by atoms with E-state index >= 15 is 0 Å². The average molecular weight is 362 g/mol. The molecule has 0 unspecified atom stereocenters. The summed E-state index contributed by atoms with van der Waals surface area (Å²) in [4.78, 5) is 15.4. The molecular weight excluding hydrogens is 344 g/mol. The average Bonchev–Trinajstić information content (AvgIpc) is 3.13.